The largest absolute Gasteiger partial charge is 0.378 e. The van der Waals surface area contributed by atoms with E-state index in [2.05, 4.69) is 14.8 Å². The molecule has 4 rings (SSSR count). The van der Waals surface area contributed by atoms with E-state index in [9.17, 15) is 4.79 Å². The molecule has 0 aromatic carbocycles. The zero-order valence-electron chi connectivity index (χ0n) is 14.9. The minimum absolute atomic E-state index is 0.118. The molecule has 6 nitrogen and oxygen atoms in total. The fourth-order valence-corrected chi connectivity index (χ4v) is 4.23. The Hall–Kier alpha value is -1.66. The molecular weight excluding hydrogens is 316 g/mol. The summed E-state index contributed by atoms with van der Waals surface area (Å²) in [5, 5.41) is 0. The Morgan fingerprint density at radius 3 is 2.36 bits per heavy atom. The molecule has 0 radical (unpaired) electrons. The first kappa shape index (κ1) is 16.8. The van der Waals surface area contributed by atoms with Gasteiger partial charge in [-0.05, 0) is 25.0 Å². The van der Waals surface area contributed by atoms with Crippen molar-refractivity contribution in [3.05, 3.63) is 23.9 Å². The van der Waals surface area contributed by atoms with Gasteiger partial charge in [-0.15, -0.1) is 0 Å². The maximum absolute atomic E-state index is 12.7. The third-order valence-electron chi connectivity index (χ3n) is 5.77. The molecule has 0 spiro atoms. The van der Waals surface area contributed by atoms with Gasteiger partial charge in [0.2, 0.25) is 0 Å². The van der Waals surface area contributed by atoms with Crippen LogP contribution in [0.3, 0.4) is 0 Å². The number of morpholine rings is 1. The zero-order chi connectivity index (χ0) is 17.1. The van der Waals surface area contributed by atoms with E-state index in [0.29, 0.717) is 5.56 Å². The third kappa shape index (κ3) is 3.80. The summed E-state index contributed by atoms with van der Waals surface area (Å²) in [5.74, 6) is 1.05. The van der Waals surface area contributed by atoms with Crippen molar-refractivity contribution in [2.75, 3.05) is 57.4 Å². The topological polar surface area (TPSA) is 48.9 Å². The molecule has 2 saturated heterocycles. The van der Waals surface area contributed by atoms with Gasteiger partial charge in [0, 0.05) is 51.5 Å². The zero-order valence-corrected chi connectivity index (χ0v) is 14.9. The van der Waals surface area contributed by atoms with Crippen LogP contribution in [0.5, 0.6) is 0 Å². The van der Waals surface area contributed by atoms with Gasteiger partial charge in [-0.25, -0.2) is 4.98 Å². The lowest BCUT2D eigenvalue weighted by Crippen LogP contribution is -2.51. The lowest BCUT2D eigenvalue weighted by atomic mass is 10.1. The third-order valence-corrected chi connectivity index (χ3v) is 5.77. The van der Waals surface area contributed by atoms with Crippen LogP contribution in [0.1, 0.15) is 36.0 Å². The number of carbonyl (C=O) groups excluding carboxylic acids is 1. The van der Waals surface area contributed by atoms with Crippen LogP contribution in [0.2, 0.25) is 0 Å². The highest BCUT2D eigenvalue weighted by Gasteiger charge is 2.28. The normalized spacial score (nSPS) is 23.2. The van der Waals surface area contributed by atoms with Gasteiger partial charge in [-0.1, -0.05) is 12.8 Å². The summed E-state index contributed by atoms with van der Waals surface area (Å²) in [4.78, 5) is 24.0. The number of pyridine rings is 1. The molecule has 3 heterocycles. The number of carbonyl (C=O) groups is 1. The van der Waals surface area contributed by atoms with Crippen LogP contribution >= 0.6 is 0 Å². The number of rotatable bonds is 3. The monoisotopic (exact) mass is 344 g/mol. The Bertz CT molecular complexity index is 572. The van der Waals surface area contributed by atoms with Gasteiger partial charge in [-0.3, -0.25) is 9.69 Å². The van der Waals surface area contributed by atoms with Gasteiger partial charge < -0.3 is 14.5 Å². The molecule has 1 aromatic heterocycles. The highest BCUT2D eigenvalue weighted by Crippen LogP contribution is 2.24. The lowest BCUT2D eigenvalue weighted by Gasteiger charge is -2.38. The minimum atomic E-state index is 0.118. The van der Waals surface area contributed by atoms with E-state index in [1.54, 1.807) is 6.20 Å². The molecule has 136 valence electrons. The number of anilines is 1. The van der Waals surface area contributed by atoms with Crippen molar-refractivity contribution < 1.29 is 9.53 Å². The van der Waals surface area contributed by atoms with Crippen molar-refractivity contribution in [2.45, 2.75) is 31.7 Å². The van der Waals surface area contributed by atoms with Crippen LogP contribution in [0.25, 0.3) is 0 Å². The molecule has 1 saturated carbocycles. The average Bonchev–Trinajstić information content (AvgIpc) is 3.23. The van der Waals surface area contributed by atoms with E-state index in [-0.39, 0.29) is 5.91 Å². The fourth-order valence-electron chi connectivity index (χ4n) is 4.23. The molecule has 0 atom stereocenters. The van der Waals surface area contributed by atoms with Crippen LogP contribution in [0.15, 0.2) is 18.3 Å². The highest BCUT2D eigenvalue weighted by atomic mass is 16.5. The molecule has 3 aliphatic rings. The number of nitrogens with zero attached hydrogens (tertiary/aromatic N) is 4. The maximum atomic E-state index is 12.7. The summed E-state index contributed by atoms with van der Waals surface area (Å²) in [6.45, 7) is 6.90. The van der Waals surface area contributed by atoms with Gasteiger partial charge in [0.15, 0.2) is 0 Å². The van der Waals surface area contributed by atoms with E-state index < -0.39 is 0 Å². The predicted octanol–water partition coefficient (Wildman–Crippen LogP) is 1.62. The van der Waals surface area contributed by atoms with E-state index >= 15 is 0 Å². The lowest BCUT2D eigenvalue weighted by molar-refractivity contribution is 0.0573. The van der Waals surface area contributed by atoms with Crippen LogP contribution in [0.4, 0.5) is 5.82 Å². The molecule has 2 aliphatic heterocycles. The summed E-state index contributed by atoms with van der Waals surface area (Å²) < 4.78 is 5.37. The van der Waals surface area contributed by atoms with Crippen LogP contribution in [0, 0.1) is 0 Å². The summed E-state index contributed by atoms with van der Waals surface area (Å²) in [7, 11) is 0. The van der Waals surface area contributed by atoms with Crippen LogP contribution < -0.4 is 4.90 Å². The molecule has 25 heavy (non-hydrogen) atoms. The first-order valence-electron chi connectivity index (χ1n) is 9.63. The molecule has 6 heteroatoms. The Morgan fingerprint density at radius 1 is 1.00 bits per heavy atom. The molecule has 3 fully saturated rings. The second-order valence-electron chi connectivity index (χ2n) is 7.27. The summed E-state index contributed by atoms with van der Waals surface area (Å²) in [5.41, 5.74) is 0.700. The van der Waals surface area contributed by atoms with Crippen molar-refractivity contribution in [3.63, 3.8) is 0 Å². The van der Waals surface area contributed by atoms with E-state index in [1.165, 1.54) is 25.7 Å². The van der Waals surface area contributed by atoms with Crippen molar-refractivity contribution >= 4 is 11.7 Å². The van der Waals surface area contributed by atoms with Crippen molar-refractivity contribution in [2.24, 2.45) is 0 Å². The standard InChI is InChI=1S/C19H28N4O2/c24-19(23-9-7-21(8-10-23)17-3-1-2-4-17)16-5-6-18(20-15-16)22-11-13-25-14-12-22/h5-6,15,17H,1-4,7-14H2. The molecule has 0 unspecified atom stereocenters. The fraction of sp³-hybridized carbons (Fsp3) is 0.684. The maximum Gasteiger partial charge on any atom is 0.255 e. The second kappa shape index (κ2) is 7.70. The van der Waals surface area contributed by atoms with Crippen LogP contribution in [-0.4, -0.2) is 79.2 Å². The minimum Gasteiger partial charge on any atom is -0.378 e. The number of ether oxygens (including phenoxy) is 1. The Labute approximate surface area is 149 Å². The molecular formula is C19H28N4O2. The highest BCUT2D eigenvalue weighted by molar-refractivity contribution is 5.94. The molecule has 1 aliphatic carbocycles. The van der Waals surface area contributed by atoms with Crippen molar-refractivity contribution in [1.29, 1.82) is 0 Å². The van der Waals surface area contributed by atoms with Crippen molar-refractivity contribution in [3.8, 4) is 0 Å². The van der Waals surface area contributed by atoms with E-state index in [1.807, 2.05) is 17.0 Å². The van der Waals surface area contributed by atoms with Crippen LogP contribution in [-0.2, 0) is 4.74 Å². The first-order valence-corrected chi connectivity index (χ1v) is 9.63. The van der Waals surface area contributed by atoms with Gasteiger partial charge in [0.25, 0.3) is 5.91 Å². The summed E-state index contributed by atoms with van der Waals surface area (Å²) >= 11 is 0. The van der Waals surface area contributed by atoms with Gasteiger partial charge >= 0.3 is 0 Å². The van der Waals surface area contributed by atoms with E-state index in [4.69, 9.17) is 4.74 Å². The SMILES string of the molecule is O=C(c1ccc(N2CCOCC2)nc1)N1CCN(C2CCCC2)CC1. The molecule has 1 aromatic rings. The summed E-state index contributed by atoms with van der Waals surface area (Å²) in [6, 6.07) is 4.64. The number of hydrogen-bond donors (Lipinski definition) is 0. The summed E-state index contributed by atoms with van der Waals surface area (Å²) in [6.07, 6.45) is 7.13. The van der Waals surface area contributed by atoms with E-state index in [0.717, 1.165) is 64.3 Å². The Balaban J connectivity index is 1.33. The number of amides is 1. The quantitative estimate of drug-likeness (QED) is 0.834. The molecule has 0 bridgehead atoms. The molecule has 1 amide bonds. The smallest absolute Gasteiger partial charge is 0.255 e. The predicted molar refractivity (Wildman–Crippen MR) is 97.0 cm³/mol. The Morgan fingerprint density at radius 2 is 1.72 bits per heavy atom. The number of hydrogen-bond acceptors (Lipinski definition) is 5. The number of aromatic nitrogens is 1. The van der Waals surface area contributed by atoms with Gasteiger partial charge in [-0.2, -0.15) is 0 Å². The average molecular weight is 344 g/mol. The Kier molecular flexibility index (Phi) is 5.17. The molecule has 0 N–H and O–H groups in total. The first-order chi connectivity index (χ1) is 12.3. The second-order valence-corrected chi connectivity index (χ2v) is 7.27. The van der Waals surface area contributed by atoms with Gasteiger partial charge in [0.05, 0.1) is 18.8 Å². The number of piperazine rings is 1. The van der Waals surface area contributed by atoms with Gasteiger partial charge in [0.1, 0.15) is 5.82 Å². The van der Waals surface area contributed by atoms with Crippen molar-refractivity contribution in [1.82, 2.24) is 14.8 Å².